The lowest BCUT2D eigenvalue weighted by Gasteiger charge is -2.02. The van der Waals surface area contributed by atoms with E-state index in [9.17, 15) is 0 Å². The maximum absolute atomic E-state index is 2.27. The van der Waals surface area contributed by atoms with Crippen molar-refractivity contribution in [2.75, 3.05) is 0 Å². The fourth-order valence-electron chi connectivity index (χ4n) is 1.39. The molecule has 0 spiro atoms. The Kier molecular flexibility index (Phi) is 3.94. The summed E-state index contributed by atoms with van der Waals surface area (Å²) in [6.07, 6.45) is 8.18. The highest BCUT2D eigenvalue weighted by atomic mass is 15.0. The number of unbranched alkanes of at least 4 members (excludes halogenated alkanes) is 1. The van der Waals surface area contributed by atoms with Crippen molar-refractivity contribution in [3.8, 4) is 0 Å². The molecule has 0 radical (unpaired) electrons. The van der Waals surface area contributed by atoms with E-state index in [1.54, 1.807) is 0 Å². The molecule has 0 aliphatic heterocycles. The van der Waals surface area contributed by atoms with Crippen molar-refractivity contribution >= 4 is 0 Å². The molecule has 1 aromatic rings. The molecule has 1 heteroatoms. The molecule has 0 saturated heterocycles. The van der Waals surface area contributed by atoms with Gasteiger partial charge >= 0.3 is 0 Å². The molecule has 0 aliphatic rings. The Morgan fingerprint density at radius 2 is 2.15 bits per heavy atom. The topological polar surface area (TPSA) is 3.88 Å². The molecular formula is C12H20N+. The predicted octanol–water partition coefficient (Wildman–Crippen LogP) is 2.90. The summed E-state index contributed by atoms with van der Waals surface area (Å²) in [6, 6.07) is 4.93. The van der Waals surface area contributed by atoms with Crippen LogP contribution in [0.25, 0.3) is 0 Å². The van der Waals surface area contributed by atoms with Crippen LogP contribution in [0.2, 0.25) is 0 Å². The lowest BCUT2D eigenvalue weighted by atomic mass is 10.1. The van der Waals surface area contributed by atoms with Gasteiger partial charge in [-0.05, 0) is 32.8 Å². The summed E-state index contributed by atoms with van der Waals surface area (Å²) >= 11 is 0. The second-order valence-electron chi connectivity index (χ2n) is 3.86. The van der Waals surface area contributed by atoms with Crippen molar-refractivity contribution in [1.29, 1.82) is 0 Å². The first-order chi connectivity index (χ1) is 6.24. The van der Waals surface area contributed by atoms with Crippen LogP contribution in [0, 0.1) is 0 Å². The van der Waals surface area contributed by atoms with E-state index >= 15 is 0 Å². The van der Waals surface area contributed by atoms with Crippen molar-refractivity contribution in [2.24, 2.45) is 0 Å². The Balaban J connectivity index is 2.68. The maximum atomic E-state index is 2.27. The van der Waals surface area contributed by atoms with Gasteiger partial charge in [-0.2, -0.15) is 0 Å². The Bertz CT molecular complexity index is 253. The molecule has 0 saturated carbocycles. The standard InChI is InChI=1S/C12H20N/c1-4-5-7-12-8-6-9-13(10-12)11(2)3/h6,8-11H,4-5,7H2,1-3H3/q+1. The van der Waals surface area contributed by atoms with Gasteiger partial charge in [0.2, 0.25) is 0 Å². The lowest BCUT2D eigenvalue weighted by Crippen LogP contribution is -2.35. The molecule has 0 N–H and O–H groups in total. The van der Waals surface area contributed by atoms with Crippen molar-refractivity contribution in [2.45, 2.75) is 46.1 Å². The quantitative estimate of drug-likeness (QED) is 0.624. The number of hydrogen-bond acceptors (Lipinski definition) is 0. The molecular weight excluding hydrogens is 158 g/mol. The number of nitrogens with zero attached hydrogens (tertiary/aromatic N) is 1. The zero-order valence-corrected chi connectivity index (χ0v) is 8.96. The van der Waals surface area contributed by atoms with Crippen LogP contribution in [-0.2, 0) is 6.42 Å². The number of rotatable bonds is 4. The second kappa shape index (κ2) is 5.00. The molecule has 1 nitrogen and oxygen atoms in total. The molecule has 0 fully saturated rings. The third kappa shape index (κ3) is 3.17. The number of hydrogen-bond donors (Lipinski definition) is 0. The van der Waals surface area contributed by atoms with E-state index in [0.717, 1.165) is 0 Å². The van der Waals surface area contributed by atoms with Gasteiger partial charge in [-0.25, -0.2) is 4.57 Å². The Morgan fingerprint density at radius 1 is 1.38 bits per heavy atom. The zero-order valence-electron chi connectivity index (χ0n) is 8.96. The van der Waals surface area contributed by atoms with E-state index in [4.69, 9.17) is 0 Å². The van der Waals surface area contributed by atoms with Crippen LogP contribution in [0.5, 0.6) is 0 Å². The molecule has 0 atom stereocenters. The minimum Gasteiger partial charge on any atom is -0.203 e. The summed E-state index contributed by atoms with van der Waals surface area (Å²) in [4.78, 5) is 0. The van der Waals surface area contributed by atoms with Crippen LogP contribution < -0.4 is 4.57 Å². The van der Waals surface area contributed by atoms with E-state index in [1.807, 2.05) is 0 Å². The first-order valence-corrected chi connectivity index (χ1v) is 5.23. The first kappa shape index (κ1) is 10.2. The fourth-order valence-corrected chi connectivity index (χ4v) is 1.39. The van der Waals surface area contributed by atoms with Crippen LogP contribution >= 0.6 is 0 Å². The first-order valence-electron chi connectivity index (χ1n) is 5.23. The summed E-state index contributed by atoms with van der Waals surface area (Å²) in [5.74, 6) is 0. The van der Waals surface area contributed by atoms with Crippen molar-refractivity contribution < 1.29 is 4.57 Å². The lowest BCUT2D eigenvalue weighted by molar-refractivity contribution is -0.716. The number of aryl methyl sites for hydroxylation is 1. The average molecular weight is 178 g/mol. The van der Waals surface area contributed by atoms with Gasteiger partial charge in [-0.15, -0.1) is 0 Å². The summed E-state index contributed by atoms with van der Waals surface area (Å²) in [5.41, 5.74) is 1.46. The van der Waals surface area contributed by atoms with Crippen LogP contribution in [0.4, 0.5) is 0 Å². The molecule has 0 amide bonds. The molecule has 0 unspecified atom stereocenters. The molecule has 0 aromatic carbocycles. The second-order valence-corrected chi connectivity index (χ2v) is 3.86. The maximum Gasteiger partial charge on any atom is 0.172 e. The van der Waals surface area contributed by atoms with E-state index in [-0.39, 0.29) is 0 Å². The Labute approximate surface area is 81.4 Å². The van der Waals surface area contributed by atoms with Gasteiger partial charge < -0.3 is 0 Å². The molecule has 0 aliphatic carbocycles. The molecule has 1 aromatic heterocycles. The van der Waals surface area contributed by atoms with Crippen LogP contribution in [-0.4, -0.2) is 0 Å². The SMILES string of the molecule is CCCCc1ccc[n+](C(C)C)c1. The highest BCUT2D eigenvalue weighted by Gasteiger charge is 2.05. The van der Waals surface area contributed by atoms with E-state index < -0.39 is 0 Å². The van der Waals surface area contributed by atoms with Gasteiger partial charge in [0.25, 0.3) is 0 Å². The highest BCUT2D eigenvalue weighted by molar-refractivity contribution is 5.05. The summed E-state index contributed by atoms with van der Waals surface area (Å²) < 4.78 is 2.27. The summed E-state index contributed by atoms with van der Waals surface area (Å²) in [6.45, 7) is 6.66. The molecule has 0 bridgehead atoms. The monoisotopic (exact) mass is 178 g/mol. The van der Waals surface area contributed by atoms with Crippen LogP contribution in [0.3, 0.4) is 0 Å². The smallest absolute Gasteiger partial charge is 0.172 e. The van der Waals surface area contributed by atoms with Gasteiger partial charge in [0.1, 0.15) is 0 Å². The van der Waals surface area contributed by atoms with Crippen molar-refractivity contribution in [3.05, 3.63) is 30.1 Å². The van der Waals surface area contributed by atoms with Gasteiger partial charge in [-0.1, -0.05) is 13.3 Å². The fraction of sp³-hybridized carbons (Fsp3) is 0.583. The van der Waals surface area contributed by atoms with Crippen molar-refractivity contribution in [1.82, 2.24) is 0 Å². The normalized spacial score (nSPS) is 10.8. The summed E-state index contributed by atoms with van der Waals surface area (Å²) in [7, 11) is 0. The highest BCUT2D eigenvalue weighted by Crippen LogP contribution is 2.02. The van der Waals surface area contributed by atoms with Crippen LogP contribution in [0.15, 0.2) is 24.5 Å². The zero-order chi connectivity index (χ0) is 9.68. The molecule has 13 heavy (non-hydrogen) atoms. The van der Waals surface area contributed by atoms with E-state index in [0.29, 0.717) is 6.04 Å². The minimum absolute atomic E-state index is 0.571. The molecule has 1 heterocycles. The van der Waals surface area contributed by atoms with E-state index in [2.05, 4.69) is 49.9 Å². The largest absolute Gasteiger partial charge is 0.203 e. The average Bonchev–Trinajstić information content (AvgIpc) is 2.15. The molecule has 1 rings (SSSR count). The summed E-state index contributed by atoms with van der Waals surface area (Å²) in [5, 5.41) is 0. The van der Waals surface area contributed by atoms with Gasteiger partial charge in [-0.3, -0.25) is 0 Å². The number of pyridine rings is 1. The van der Waals surface area contributed by atoms with Gasteiger partial charge in [0.15, 0.2) is 18.4 Å². The van der Waals surface area contributed by atoms with Gasteiger partial charge in [0, 0.05) is 11.6 Å². The minimum atomic E-state index is 0.571. The third-order valence-corrected chi connectivity index (χ3v) is 2.30. The van der Waals surface area contributed by atoms with Crippen molar-refractivity contribution in [3.63, 3.8) is 0 Å². The predicted molar refractivity (Wildman–Crippen MR) is 55.6 cm³/mol. The van der Waals surface area contributed by atoms with E-state index in [1.165, 1.54) is 24.8 Å². The Hall–Kier alpha value is -0.850. The van der Waals surface area contributed by atoms with Gasteiger partial charge in [0.05, 0.1) is 0 Å². The van der Waals surface area contributed by atoms with Crippen LogP contribution in [0.1, 0.15) is 45.2 Å². The molecule has 72 valence electrons. The number of aromatic nitrogens is 1. The Morgan fingerprint density at radius 3 is 2.77 bits per heavy atom. The third-order valence-electron chi connectivity index (χ3n) is 2.30.